The van der Waals surface area contributed by atoms with Crippen LogP contribution in [0.4, 0.5) is 0 Å². The highest BCUT2D eigenvalue weighted by molar-refractivity contribution is 6.31. The first kappa shape index (κ1) is 14.1. The summed E-state index contributed by atoms with van der Waals surface area (Å²) in [5.74, 6) is -2.49. The lowest BCUT2D eigenvalue weighted by molar-refractivity contribution is -0.150. The maximum Gasteiger partial charge on any atom is 0.422 e. The van der Waals surface area contributed by atoms with Crippen LogP contribution >= 0.6 is 11.6 Å². The molecule has 1 aromatic carbocycles. The van der Waals surface area contributed by atoms with E-state index in [1.54, 1.807) is 12.1 Å². The van der Waals surface area contributed by atoms with Crippen LogP contribution in [0.15, 0.2) is 27.4 Å². The number of aromatic nitrogens is 1. The summed E-state index contributed by atoms with van der Waals surface area (Å²) in [6, 6.07) is 4.61. The predicted octanol–water partition coefficient (Wildman–Crippen LogP) is 1.61. The summed E-state index contributed by atoms with van der Waals surface area (Å²) in [5, 5.41) is 8.85. The summed E-state index contributed by atoms with van der Waals surface area (Å²) in [7, 11) is 0. The normalized spacial score (nSPS) is 10.7. The molecule has 0 spiro atoms. The Morgan fingerprint density at radius 1 is 1.35 bits per heavy atom. The third-order valence-corrected chi connectivity index (χ3v) is 2.76. The Hall–Kier alpha value is -2.28. The number of ether oxygens (including phenoxy) is 1. The maximum atomic E-state index is 11.6. The Morgan fingerprint density at radius 3 is 2.80 bits per heavy atom. The van der Waals surface area contributed by atoms with E-state index in [9.17, 15) is 14.4 Å². The molecule has 0 unspecified atom stereocenters. The highest BCUT2D eigenvalue weighted by Gasteiger charge is 2.12. The molecule has 0 radical (unpaired) electrons. The van der Waals surface area contributed by atoms with Crippen molar-refractivity contribution in [3.8, 4) is 0 Å². The number of oxazole rings is 1. The summed E-state index contributed by atoms with van der Waals surface area (Å²) in [5.41, 5.74) is 0.717. The highest BCUT2D eigenvalue weighted by Crippen LogP contribution is 2.18. The molecule has 20 heavy (non-hydrogen) atoms. The molecule has 0 saturated heterocycles. The number of hydrogen-bond donors (Lipinski definition) is 1. The number of nitrogens with zero attached hydrogens (tertiary/aromatic N) is 1. The zero-order valence-corrected chi connectivity index (χ0v) is 10.9. The van der Waals surface area contributed by atoms with Crippen molar-refractivity contribution in [3.05, 3.63) is 33.8 Å². The first-order valence-corrected chi connectivity index (χ1v) is 6.01. The van der Waals surface area contributed by atoms with Crippen LogP contribution in [0.2, 0.25) is 5.02 Å². The van der Waals surface area contributed by atoms with Crippen molar-refractivity contribution in [3.63, 3.8) is 0 Å². The van der Waals surface area contributed by atoms with Gasteiger partial charge in [0, 0.05) is 11.1 Å². The summed E-state index contributed by atoms with van der Waals surface area (Å²) in [6.45, 7) is -0.341. The largest absolute Gasteiger partial charge is 0.481 e. The number of fused-ring (bicyclic) bond motifs is 1. The summed E-state index contributed by atoms with van der Waals surface area (Å²) in [4.78, 5) is 33.2. The number of carbonyl (C=O) groups excluding carboxylic acids is 1. The third-order valence-electron chi connectivity index (χ3n) is 2.53. The van der Waals surface area contributed by atoms with E-state index >= 15 is 0 Å². The van der Waals surface area contributed by atoms with Crippen molar-refractivity contribution >= 4 is 34.6 Å². The molecule has 0 amide bonds. The zero-order valence-electron chi connectivity index (χ0n) is 10.2. The van der Waals surface area contributed by atoms with E-state index in [4.69, 9.17) is 25.9 Å². The minimum atomic E-state index is -1.09. The van der Waals surface area contributed by atoms with Gasteiger partial charge >= 0.3 is 17.7 Å². The third kappa shape index (κ3) is 3.18. The Labute approximate surface area is 117 Å². The topological polar surface area (TPSA) is 98.7 Å². The van der Waals surface area contributed by atoms with Gasteiger partial charge in [0.15, 0.2) is 12.3 Å². The summed E-state index contributed by atoms with van der Waals surface area (Å²) < 4.78 is 10.9. The van der Waals surface area contributed by atoms with Gasteiger partial charge < -0.3 is 14.3 Å². The fourth-order valence-electron chi connectivity index (χ4n) is 1.58. The van der Waals surface area contributed by atoms with Crippen molar-refractivity contribution in [2.24, 2.45) is 0 Å². The molecule has 1 N–H and O–H groups in total. The SMILES string of the molecule is O=C(O)CCC(=O)OCn1c(=O)oc2cc(Cl)ccc21. The number of esters is 1. The van der Waals surface area contributed by atoms with E-state index < -0.39 is 17.7 Å². The molecule has 2 aromatic rings. The smallest absolute Gasteiger partial charge is 0.422 e. The Balaban J connectivity index is 2.10. The van der Waals surface area contributed by atoms with Crippen molar-refractivity contribution in [1.29, 1.82) is 0 Å². The van der Waals surface area contributed by atoms with Crippen molar-refractivity contribution in [1.82, 2.24) is 4.57 Å². The van der Waals surface area contributed by atoms with Gasteiger partial charge in [-0.05, 0) is 12.1 Å². The van der Waals surface area contributed by atoms with Crippen molar-refractivity contribution < 1.29 is 23.8 Å². The van der Waals surface area contributed by atoms with Crippen LogP contribution < -0.4 is 5.76 Å². The number of carbonyl (C=O) groups is 2. The minimum absolute atomic E-state index is 0.258. The van der Waals surface area contributed by atoms with Crippen LogP contribution in [-0.4, -0.2) is 21.6 Å². The molecule has 106 valence electrons. The fraction of sp³-hybridized carbons (Fsp3) is 0.250. The minimum Gasteiger partial charge on any atom is -0.481 e. The molecule has 0 bridgehead atoms. The zero-order chi connectivity index (χ0) is 14.7. The summed E-state index contributed by atoms with van der Waals surface area (Å²) >= 11 is 5.77. The van der Waals surface area contributed by atoms with Gasteiger partial charge in [0.05, 0.1) is 18.4 Å². The lowest BCUT2D eigenvalue weighted by Gasteiger charge is -2.04. The van der Waals surface area contributed by atoms with E-state index in [0.717, 1.165) is 4.57 Å². The van der Waals surface area contributed by atoms with Gasteiger partial charge in [0.2, 0.25) is 0 Å². The van der Waals surface area contributed by atoms with Gasteiger partial charge in [0.25, 0.3) is 0 Å². The molecule has 0 aliphatic carbocycles. The van der Waals surface area contributed by atoms with E-state index in [0.29, 0.717) is 10.5 Å². The second-order valence-electron chi connectivity index (χ2n) is 3.95. The van der Waals surface area contributed by atoms with E-state index in [-0.39, 0.29) is 25.2 Å². The number of rotatable bonds is 5. The molecule has 7 nitrogen and oxygen atoms in total. The van der Waals surface area contributed by atoms with E-state index in [1.807, 2.05) is 0 Å². The van der Waals surface area contributed by atoms with Gasteiger partial charge in [-0.25, -0.2) is 9.36 Å². The monoisotopic (exact) mass is 299 g/mol. The number of carboxylic acid groups (broad SMARTS) is 1. The molecule has 0 fully saturated rings. The molecule has 0 atom stereocenters. The van der Waals surface area contributed by atoms with Crippen LogP contribution in [0.25, 0.3) is 11.1 Å². The van der Waals surface area contributed by atoms with E-state index in [1.165, 1.54) is 6.07 Å². The molecule has 2 rings (SSSR count). The number of carboxylic acids is 1. The van der Waals surface area contributed by atoms with Gasteiger partial charge in [-0.2, -0.15) is 0 Å². The number of aliphatic carboxylic acids is 1. The number of hydrogen-bond acceptors (Lipinski definition) is 5. The number of benzene rings is 1. The molecular weight excluding hydrogens is 290 g/mol. The van der Waals surface area contributed by atoms with Gasteiger partial charge in [0.1, 0.15) is 0 Å². The molecule has 8 heteroatoms. The molecule has 1 aromatic heterocycles. The van der Waals surface area contributed by atoms with Crippen LogP contribution in [0, 0.1) is 0 Å². The van der Waals surface area contributed by atoms with E-state index in [2.05, 4.69) is 0 Å². The van der Waals surface area contributed by atoms with Crippen LogP contribution in [0.1, 0.15) is 12.8 Å². The predicted molar refractivity (Wildman–Crippen MR) is 68.4 cm³/mol. The second kappa shape index (κ2) is 5.79. The Kier molecular flexibility index (Phi) is 4.09. The van der Waals surface area contributed by atoms with Crippen molar-refractivity contribution in [2.75, 3.05) is 0 Å². The van der Waals surface area contributed by atoms with Gasteiger partial charge in [-0.3, -0.25) is 9.59 Å². The van der Waals surface area contributed by atoms with Crippen molar-refractivity contribution in [2.45, 2.75) is 19.6 Å². The average Bonchev–Trinajstić information content (AvgIpc) is 2.68. The van der Waals surface area contributed by atoms with Gasteiger partial charge in [-0.15, -0.1) is 0 Å². The average molecular weight is 300 g/mol. The standard InChI is InChI=1S/C12H10ClNO6/c13-7-1-2-8-9(5-7)20-12(18)14(8)6-19-11(17)4-3-10(15)16/h1-2,5H,3-4,6H2,(H,15,16). The molecule has 0 aliphatic rings. The molecular formula is C12H10ClNO6. The van der Waals surface area contributed by atoms with Crippen LogP contribution in [0.3, 0.4) is 0 Å². The molecule has 0 saturated carbocycles. The Morgan fingerprint density at radius 2 is 2.10 bits per heavy atom. The first-order chi connectivity index (χ1) is 9.47. The second-order valence-corrected chi connectivity index (χ2v) is 4.38. The quantitative estimate of drug-likeness (QED) is 0.842. The maximum absolute atomic E-state index is 11.6. The molecule has 0 aliphatic heterocycles. The number of halogens is 1. The highest BCUT2D eigenvalue weighted by atomic mass is 35.5. The van der Waals surface area contributed by atoms with Crippen LogP contribution in [0.5, 0.6) is 0 Å². The van der Waals surface area contributed by atoms with Crippen LogP contribution in [-0.2, 0) is 21.1 Å². The van der Waals surface area contributed by atoms with Gasteiger partial charge in [-0.1, -0.05) is 11.6 Å². The Bertz CT molecular complexity index is 716. The molecule has 1 heterocycles. The lowest BCUT2D eigenvalue weighted by atomic mass is 10.3. The fourth-order valence-corrected chi connectivity index (χ4v) is 1.74. The lowest BCUT2D eigenvalue weighted by Crippen LogP contribution is -2.18. The first-order valence-electron chi connectivity index (χ1n) is 5.63. The summed E-state index contributed by atoms with van der Waals surface area (Å²) in [6.07, 6.45) is -0.582.